The smallest absolute Gasteiger partial charge is 0.321 e. The third-order valence-corrected chi connectivity index (χ3v) is 5.58. The molecule has 0 aliphatic carbocycles. The molecule has 2 aromatic rings. The van der Waals surface area contributed by atoms with Gasteiger partial charge in [-0.05, 0) is 30.7 Å². The molecule has 0 bridgehead atoms. The van der Waals surface area contributed by atoms with Gasteiger partial charge in [0.05, 0.1) is 11.9 Å². The highest BCUT2D eigenvalue weighted by atomic mass is 32.2. The maximum atomic E-state index is 12.3. The molecule has 1 saturated heterocycles. The number of rotatable bonds is 4. The van der Waals surface area contributed by atoms with Gasteiger partial charge < -0.3 is 10.2 Å². The SMILES string of the molecule is Cc1ccncc1NC(=O)N1CC(S(=O)(=O)Nc2ccccc2)C1. The first-order valence-electron chi connectivity index (χ1n) is 7.49. The largest absolute Gasteiger partial charge is 0.322 e. The topological polar surface area (TPSA) is 91.4 Å². The molecule has 7 nitrogen and oxygen atoms in total. The molecule has 1 aliphatic heterocycles. The number of hydrogen-bond donors (Lipinski definition) is 2. The number of aryl methyl sites for hydroxylation is 1. The predicted octanol–water partition coefficient (Wildman–Crippen LogP) is 2.05. The van der Waals surface area contributed by atoms with E-state index in [0.717, 1.165) is 5.56 Å². The molecule has 0 spiro atoms. The van der Waals surface area contributed by atoms with Crippen molar-refractivity contribution in [1.82, 2.24) is 9.88 Å². The minimum atomic E-state index is -3.51. The second-order valence-corrected chi connectivity index (χ2v) is 7.62. The van der Waals surface area contributed by atoms with Crippen molar-refractivity contribution >= 4 is 27.4 Å². The van der Waals surface area contributed by atoms with E-state index in [-0.39, 0.29) is 19.1 Å². The quantitative estimate of drug-likeness (QED) is 0.886. The number of urea groups is 1. The molecule has 3 rings (SSSR count). The number of para-hydroxylation sites is 1. The van der Waals surface area contributed by atoms with E-state index in [4.69, 9.17) is 0 Å². The van der Waals surface area contributed by atoms with E-state index in [9.17, 15) is 13.2 Å². The van der Waals surface area contributed by atoms with Crippen LogP contribution < -0.4 is 10.0 Å². The number of benzene rings is 1. The lowest BCUT2D eigenvalue weighted by Crippen LogP contribution is -2.59. The Bertz CT molecular complexity index is 833. The molecular weight excluding hydrogens is 328 g/mol. The van der Waals surface area contributed by atoms with Gasteiger partial charge in [-0.2, -0.15) is 0 Å². The fourth-order valence-corrected chi connectivity index (χ4v) is 3.73. The molecule has 126 valence electrons. The second kappa shape index (κ2) is 6.48. The summed E-state index contributed by atoms with van der Waals surface area (Å²) in [6.07, 6.45) is 3.21. The lowest BCUT2D eigenvalue weighted by molar-refractivity contribution is 0.183. The Hall–Kier alpha value is -2.61. The van der Waals surface area contributed by atoms with E-state index in [0.29, 0.717) is 11.4 Å². The summed E-state index contributed by atoms with van der Waals surface area (Å²) < 4.78 is 27.1. The van der Waals surface area contributed by atoms with Gasteiger partial charge in [0.25, 0.3) is 0 Å². The summed E-state index contributed by atoms with van der Waals surface area (Å²) in [7, 11) is -3.51. The fourth-order valence-electron chi connectivity index (χ4n) is 2.34. The Balaban J connectivity index is 1.57. The molecule has 1 aromatic carbocycles. The number of carbonyl (C=O) groups excluding carboxylic acids is 1. The number of nitrogens with zero attached hydrogens (tertiary/aromatic N) is 2. The highest BCUT2D eigenvalue weighted by molar-refractivity contribution is 7.93. The van der Waals surface area contributed by atoms with E-state index >= 15 is 0 Å². The molecule has 2 amide bonds. The van der Waals surface area contributed by atoms with Crippen LogP contribution in [0.15, 0.2) is 48.8 Å². The second-order valence-electron chi connectivity index (χ2n) is 5.66. The monoisotopic (exact) mass is 346 g/mol. The van der Waals surface area contributed by atoms with Crippen LogP contribution in [0.2, 0.25) is 0 Å². The summed E-state index contributed by atoms with van der Waals surface area (Å²) in [5.41, 5.74) is 2.04. The van der Waals surface area contributed by atoms with Crippen molar-refractivity contribution in [3.05, 3.63) is 54.4 Å². The number of anilines is 2. The van der Waals surface area contributed by atoms with Crippen LogP contribution in [-0.4, -0.2) is 42.7 Å². The molecule has 1 fully saturated rings. The number of aromatic nitrogens is 1. The molecule has 0 radical (unpaired) electrons. The third kappa shape index (κ3) is 3.48. The van der Waals surface area contributed by atoms with E-state index in [1.54, 1.807) is 42.7 Å². The summed E-state index contributed by atoms with van der Waals surface area (Å²) >= 11 is 0. The average molecular weight is 346 g/mol. The lowest BCUT2D eigenvalue weighted by Gasteiger charge is -2.38. The van der Waals surface area contributed by atoms with E-state index < -0.39 is 15.3 Å². The van der Waals surface area contributed by atoms with Gasteiger partial charge in [-0.1, -0.05) is 18.2 Å². The van der Waals surface area contributed by atoms with Crippen molar-refractivity contribution in [3.8, 4) is 0 Å². The first-order valence-corrected chi connectivity index (χ1v) is 9.03. The molecule has 2 heterocycles. The first-order chi connectivity index (χ1) is 11.5. The number of nitrogens with one attached hydrogen (secondary N) is 2. The summed E-state index contributed by atoms with van der Waals surface area (Å²) in [6.45, 7) is 2.19. The van der Waals surface area contributed by atoms with Gasteiger partial charge in [0.2, 0.25) is 10.0 Å². The van der Waals surface area contributed by atoms with Crippen molar-refractivity contribution in [1.29, 1.82) is 0 Å². The van der Waals surface area contributed by atoms with Gasteiger partial charge in [0.15, 0.2) is 0 Å². The van der Waals surface area contributed by atoms with Crippen molar-refractivity contribution in [2.75, 3.05) is 23.1 Å². The van der Waals surface area contributed by atoms with Crippen LogP contribution in [-0.2, 0) is 10.0 Å². The average Bonchev–Trinajstić information content (AvgIpc) is 2.48. The summed E-state index contributed by atoms with van der Waals surface area (Å²) in [6, 6.07) is 10.2. The van der Waals surface area contributed by atoms with Gasteiger partial charge >= 0.3 is 6.03 Å². The summed E-state index contributed by atoms with van der Waals surface area (Å²) in [4.78, 5) is 17.6. The molecule has 0 atom stereocenters. The van der Waals surface area contributed by atoms with E-state index in [2.05, 4.69) is 15.0 Å². The molecule has 0 saturated carbocycles. The van der Waals surface area contributed by atoms with Gasteiger partial charge in [-0.3, -0.25) is 9.71 Å². The summed E-state index contributed by atoms with van der Waals surface area (Å²) in [5, 5.41) is 2.13. The standard InChI is InChI=1S/C16H18N4O3S/c1-12-7-8-17-9-15(12)18-16(21)20-10-14(11-20)24(22,23)19-13-5-3-2-4-6-13/h2-9,14,19H,10-11H2,1H3,(H,18,21). The highest BCUT2D eigenvalue weighted by Crippen LogP contribution is 2.21. The molecular formula is C16H18N4O3S. The number of likely N-dealkylation sites (tertiary alicyclic amines) is 1. The Morgan fingerprint density at radius 3 is 2.58 bits per heavy atom. The molecule has 1 aliphatic rings. The van der Waals surface area contributed by atoms with Gasteiger partial charge in [-0.15, -0.1) is 0 Å². The number of sulfonamides is 1. The Labute approximate surface area is 140 Å². The van der Waals surface area contributed by atoms with Gasteiger partial charge in [-0.25, -0.2) is 13.2 Å². The number of hydrogen-bond acceptors (Lipinski definition) is 4. The van der Waals surface area contributed by atoms with Crippen LogP contribution in [0, 0.1) is 6.92 Å². The Morgan fingerprint density at radius 1 is 1.21 bits per heavy atom. The predicted molar refractivity (Wildman–Crippen MR) is 92.3 cm³/mol. The lowest BCUT2D eigenvalue weighted by atomic mass is 10.2. The molecule has 0 unspecified atom stereocenters. The van der Waals surface area contributed by atoms with Crippen LogP contribution in [0.25, 0.3) is 0 Å². The number of carbonyl (C=O) groups is 1. The van der Waals surface area contributed by atoms with Gasteiger partial charge in [0, 0.05) is 25.0 Å². The maximum Gasteiger partial charge on any atom is 0.321 e. The van der Waals surface area contributed by atoms with Crippen LogP contribution >= 0.6 is 0 Å². The molecule has 1 aromatic heterocycles. The van der Waals surface area contributed by atoms with E-state index in [1.165, 1.54) is 4.90 Å². The highest BCUT2D eigenvalue weighted by Gasteiger charge is 2.40. The molecule has 24 heavy (non-hydrogen) atoms. The van der Waals surface area contributed by atoms with Crippen molar-refractivity contribution < 1.29 is 13.2 Å². The molecule has 2 N–H and O–H groups in total. The fraction of sp³-hybridized carbons (Fsp3) is 0.250. The van der Waals surface area contributed by atoms with Gasteiger partial charge in [0.1, 0.15) is 5.25 Å². The number of pyridine rings is 1. The minimum absolute atomic E-state index is 0.160. The maximum absolute atomic E-state index is 12.3. The zero-order valence-corrected chi connectivity index (χ0v) is 14.0. The van der Waals surface area contributed by atoms with Crippen LogP contribution in [0.1, 0.15) is 5.56 Å². The third-order valence-electron chi connectivity index (χ3n) is 3.89. The van der Waals surface area contributed by atoms with Crippen LogP contribution in [0.3, 0.4) is 0 Å². The zero-order valence-electron chi connectivity index (χ0n) is 13.1. The van der Waals surface area contributed by atoms with Crippen molar-refractivity contribution in [2.45, 2.75) is 12.2 Å². The van der Waals surface area contributed by atoms with E-state index in [1.807, 2.05) is 13.0 Å². The van der Waals surface area contributed by atoms with Crippen LogP contribution in [0.5, 0.6) is 0 Å². The summed E-state index contributed by atoms with van der Waals surface area (Å²) in [5.74, 6) is 0. The Kier molecular flexibility index (Phi) is 4.39. The van der Waals surface area contributed by atoms with Crippen molar-refractivity contribution in [2.24, 2.45) is 0 Å². The zero-order chi connectivity index (χ0) is 17.2. The first kappa shape index (κ1) is 16.3. The minimum Gasteiger partial charge on any atom is -0.322 e. The van der Waals surface area contributed by atoms with Crippen molar-refractivity contribution in [3.63, 3.8) is 0 Å². The Morgan fingerprint density at radius 2 is 1.92 bits per heavy atom. The number of amides is 2. The molecule has 8 heteroatoms. The normalized spacial score (nSPS) is 14.8. The van der Waals surface area contributed by atoms with Crippen LogP contribution in [0.4, 0.5) is 16.2 Å².